The molecular formula is C10H18O5. The molecule has 0 aromatic rings. The summed E-state index contributed by atoms with van der Waals surface area (Å²) in [7, 11) is 1.62. The van der Waals surface area contributed by atoms with Gasteiger partial charge in [-0.05, 0) is 20.3 Å². The van der Waals surface area contributed by atoms with Gasteiger partial charge in [-0.1, -0.05) is 0 Å². The van der Waals surface area contributed by atoms with E-state index in [2.05, 4.69) is 0 Å². The van der Waals surface area contributed by atoms with E-state index in [0.717, 1.165) is 0 Å². The third kappa shape index (κ3) is 2.03. The minimum atomic E-state index is -0.615. The third-order valence-corrected chi connectivity index (χ3v) is 2.77. The van der Waals surface area contributed by atoms with E-state index in [4.69, 9.17) is 24.1 Å². The van der Waals surface area contributed by atoms with Crippen molar-refractivity contribution in [3.05, 3.63) is 0 Å². The Bertz CT molecular complexity index is 230. The van der Waals surface area contributed by atoms with Crippen molar-refractivity contribution in [3.63, 3.8) is 0 Å². The Morgan fingerprint density at radius 2 is 2.07 bits per heavy atom. The van der Waals surface area contributed by atoms with Crippen LogP contribution in [0.1, 0.15) is 20.3 Å². The number of fused-ring (bicyclic) bond motifs is 1. The fraction of sp³-hybridized carbons (Fsp3) is 1.00. The molecule has 0 bridgehead atoms. The largest absolute Gasteiger partial charge is 0.396 e. The zero-order valence-electron chi connectivity index (χ0n) is 9.30. The van der Waals surface area contributed by atoms with Crippen LogP contribution >= 0.6 is 0 Å². The minimum absolute atomic E-state index is 0.0767. The standard InChI is InChI=1S/C10H18O5/c1-10(2)14-8-7(12-3)6(4-5-11)13-9(8)15-10/h6-9,11H,4-5H2,1-3H3/t6-,7+,8?,9?/m0/s1. The predicted octanol–water partition coefficient (Wildman–Crippen LogP) is 0.260. The molecule has 88 valence electrons. The van der Waals surface area contributed by atoms with Gasteiger partial charge in [0.15, 0.2) is 12.1 Å². The summed E-state index contributed by atoms with van der Waals surface area (Å²) in [4.78, 5) is 0. The molecule has 4 atom stereocenters. The smallest absolute Gasteiger partial charge is 0.190 e. The summed E-state index contributed by atoms with van der Waals surface area (Å²) in [5.74, 6) is -0.615. The Kier molecular flexibility index (Phi) is 3.00. The lowest BCUT2D eigenvalue weighted by Crippen LogP contribution is -2.36. The molecule has 0 amide bonds. The molecule has 2 heterocycles. The molecule has 2 saturated heterocycles. The lowest BCUT2D eigenvalue weighted by Gasteiger charge is -2.24. The zero-order chi connectivity index (χ0) is 11.1. The van der Waals surface area contributed by atoms with Crippen molar-refractivity contribution in [3.8, 4) is 0 Å². The number of methoxy groups -OCH3 is 1. The second kappa shape index (κ2) is 3.99. The quantitative estimate of drug-likeness (QED) is 0.736. The molecule has 2 unspecified atom stereocenters. The number of ether oxygens (including phenoxy) is 4. The number of aliphatic hydroxyl groups excluding tert-OH is 1. The number of hydrogen-bond acceptors (Lipinski definition) is 5. The molecule has 15 heavy (non-hydrogen) atoms. The first kappa shape index (κ1) is 11.3. The molecule has 5 heteroatoms. The van der Waals surface area contributed by atoms with Crippen LogP contribution in [0.25, 0.3) is 0 Å². The molecule has 0 saturated carbocycles. The van der Waals surface area contributed by atoms with Gasteiger partial charge in [0, 0.05) is 13.7 Å². The number of rotatable bonds is 3. The van der Waals surface area contributed by atoms with Gasteiger partial charge in [0.2, 0.25) is 0 Å². The lowest BCUT2D eigenvalue weighted by molar-refractivity contribution is -0.217. The summed E-state index contributed by atoms with van der Waals surface area (Å²) in [5, 5.41) is 8.89. The molecule has 0 aromatic heterocycles. The molecular weight excluding hydrogens is 200 g/mol. The van der Waals surface area contributed by atoms with Crippen molar-refractivity contribution in [1.82, 2.24) is 0 Å². The van der Waals surface area contributed by atoms with Crippen LogP contribution in [-0.2, 0) is 18.9 Å². The van der Waals surface area contributed by atoms with Gasteiger partial charge >= 0.3 is 0 Å². The first-order valence-corrected chi connectivity index (χ1v) is 5.22. The van der Waals surface area contributed by atoms with Gasteiger partial charge in [-0.2, -0.15) is 0 Å². The summed E-state index contributed by atoms with van der Waals surface area (Å²) in [6, 6.07) is 0. The molecule has 2 rings (SSSR count). The topological polar surface area (TPSA) is 57.2 Å². The van der Waals surface area contributed by atoms with Crippen LogP contribution in [0, 0.1) is 0 Å². The monoisotopic (exact) mass is 218 g/mol. The van der Waals surface area contributed by atoms with Crippen molar-refractivity contribution in [2.45, 2.75) is 50.7 Å². The van der Waals surface area contributed by atoms with Crippen molar-refractivity contribution in [1.29, 1.82) is 0 Å². The number of aliphatic hydroxyl groups is 1. The minimum Gasteiger partial charge on any atom is -0.396 e. The molecule has 1 N–H and O–H groups in total. The molecule has 0 spiro atoms. The lowest BCUT2D eigenvalue weighted by atomic mass is 10.1. The van der Waals surface area contributed by atoms with Crippen molar-refractivity contribution < 1.29 is 24.1 Å². The normalized spacial score (nSPS) is 43.2. The van der Waals surface area contributed by atoms with Gasteiger partial charge in [-0.15, -0.1) is 0 Å². The second-order valence-corrected chi connectivity index (χ2v) is 4.36. The van der Waals surface area contributed by atoms with E-state index in [0.29, 0.717) is 6.42 Å². The van der Waals surface area contributed by atoms with Gasteiger partial charge in [0.1, 0.15) is 12.2 Å². The fourth-order valence-corrected chi connectivity index (χ4v) is 2.19. The maximum absolute atomic E-state index is 8.89. The van der Waals surface area contributed by atoms with E-state index in [9.17, 15) is 0 Å². The number of hydrogen-bond donors (Lipinski definition) is 1. The SMILES string of the molecule is CO[C@H]1C2OC(C)(C)OC2O[C@H]1CCO. The van der Waals surface area contributed by atoms with Crippen molar-refractivity contribution in [2.75, 3.05) is 13.7 Å². The van der Waals surface area contributed by atoms with Gasteiger partial charge in [-0.25, -0.2) is 0 Å². The zero-order valence-corrected chi connectivity index (χ0v) is 9.30. The summed E-state index contributed by atoms with van der Waals surface area (Å²) >= 11 is 0. The van der Waals surface area contributed by atoms with Crippen LogP contribution in [0.2, 0.25) is 0 Å². The van der Waals surface area contributed by atoms with E-state index in [1.54, 1.807) is 7.11 Å². The van der Waals surface area contributed by atoms with Crippen LogP contribution in [0.15, 0.2) is 0 Å². The predicted molar refractivity (Wildman–Crippen MR) is 51.2 cm³/mol. The summed E-state index contributed by atoms with van der Waals surface area (Å²) in [5.41, 5.74) is 0. The molecule has 0 radical (unpaired) electrons. The van der Waals surface area contributed by atoms with Crippen LogP contribution in [0.5, 0.6) is 0 Å². The molecule has 2 aliphatic heterocycles. The van der Waals surface area contributed by atoms with Gasteiger partial charge in [-0.3, -0.25) is 0 Å². The molecule has 0 aliphatic carbocycles. The van der Waals surface area contributed by atoms with E-state index < -0.39 is 5.79 Å². The van der Waals surface area contributed by atoms with E-state index in [1.165, 1.54) is 0 Å². The van der Waals surface area contributed by atoms with Crippen LogP contribution < -0.4 is 0 Å². The Hall–Kier alpha value is -0.200. The van der Waals surface area contributed by atoms with Crippen molar-refractivity contribution in [2.24, 2.45) is 0 Å². The first-order chi connectivity index (χ1) is 7.07. The molecule has 5 nitrogen and oxygen atoms in total. The van der Waals surface area contributed by atoms with E-state index in [1.807, 2.05) is 13.8 Å². The highest BCUT2D eigenvalue weighted by Crippen LogP contribution is 2.39. The molecule has 0 aromatic carbocycles. The molecule has 2 fully saturated rings. The Morgan fingerprint density at radius 3 is 2.67 bits per heavy atom. The summed E-state index contributed by atoms with van der Waals surface area (Å²) < 4.78 is 22.2. The first-order valence-electron chi connectivity index (χ1n) is 5.22. The maximum atomic E-state index is 8.89. The summed E-state index contributed by atoms with van der Waals surface area (Å²) in [6.07, 6.45) is -0.336. The van der Waals surface area contributed by atoms with E-state index >= 15 is 0 Å². The Morgan fingerprint density at radius 1 is 1.33 bits per heavy atom. The average molecular weight is 218 g/mol. The summed E-state index contributed by atoms with van der Waals surface area (Å²) in [6.45, 7) is 3.78. The highest BCUT2D eigenvalue weighted by molar-refractivity contribution is 4.93. The van der Waals surface area contributed by atoms with Gasteiger partial charge < -0.3 is 24.1 Å². The highest BCUT2D eigenvalue weighted by atomic mass is 16.8. The van der Waals surface area contributed by atoms with Crippen molar-refractivity contribution >= 4 is 0 Å². The van der Waals surface area contributed by atoms with Crippen LogP contribution in [0.3, 0.4) is 0 Å². The molecule has 2 aliphatic rings. The van der Waals surface area contributed by atoms with E-state index in [-0.39, 0.29) is 31.2 Å². The Balaban J connectivity index is 2.04. The van der Waals surface area contributed by atoms with Crippen LogP contribution in [0.4, 0.5) is 0 Å². The third-order valence-electron chi connectivity index (χ3n) is 2.77. The Labute approximate surface area is 89.3 Å². The second-order valence-electron chi connectivity index (χ2n) is 4.36. The van der Waals surface area contributed by atoms with Crippen LogP contribution in [-0.4, -0.2) is 49.2 Å². The highest BCUT2D eigenvalue weighted by Gasteiger charge is 2.54. The van der Waals surface area contributed by atoms with Gasteiger partial charge in [0.05, 0.1) is 6.10 Å². The fourth-order valence-electron chi connectivity index (χ4n) is 2.19. The maximum Gasteiger partial charge on any atom is 0.190 e. The van der Waals surface area contributed by atoms with Gasteiger partial charge in [0.25, 0.3) is 0 Å². The average Bonchev–Trinajstić information content (AvgIpc) is 2.56.